The van der Waals surface area contributed by atoms with Gasteiger partial charge in [-0.25, -0.2) is 4.79 Å². The van der Waals surface area contributed by atoms with E-state index in [4.69, 9.17) is 11.6 Å². The van der Waals surface area contributed by atoms with E-state index in [1.165, 1.54) is 5.56 Å². The zero-order valence-corrected chi connectivity index (χ0v) is 20.8. The zero-order chi connectivity index (χ0) is 24.6. The summed E-state index contributed by atoms with van der Waals surface area (Å²) in [5, 5.41) is 3.69. The molecule has 35 heavy (non-hydrogen) atoms. The molecule has 0 saturated carbocycles. The fourth-order valence-corrected chi connectivity index (χ4v) is 5.50. The molecular weight excluding hydrogens is 458 g/mol. The summed E-state index contributed by atoms with van der Waals surface area (Å²) in [5.74, 6) is 0.579. The summed E-state index contributed by atoms with van der Waals surface area (Å²) in [7, 11) is 0. The van der Waals surface area contributed by atoms with Crippen LogP contribution in [0.2, 0.25) is 5.02 Å². The third-order valence-electron chi connectivity index (χ3n) is 7.42. The summed E-state index contributed by atoms with van der Waals surface area (Å²) in [6.45, 7) is 5.37. The molecule has 180 valence electrons. The maximum absolute atomic E-state index is 13.6. The predicted octanol–water partition coefficient (Wildman–Crippen LogP) is 6.87. The lowest BCUT2D eigenvalue weighted by Crippen LogP contribution is -2.67. The van der Waals surface area contributed by atoms with Gasteiger partial charge >= 0.3 is 6.03 Å². The van der Waals surface area contributed by atoms with E-state index in [0.717, 1.165) is 16.9 Å². The largest absolute Gasteiger partial charge is 0.324 e. The molecule has 1 atom stereocenters. The molecular formula is C29H30ClN3O2. The van der Waals surface area contributed by atoms with E-state index in [-0.39, 0.29) is 18.0 Å². The van der Waals surface area contributed by atoms with Crippen LogP contribution >= 0.6 is 11.6 Å². The van der Waals surface area contributed by atoms with Crippen molar-refractivity contribution in [2.45, 2.75) is 38.6 Å². The molecule has 3 aromatic rings. The number of nitrogens with one attached hydrogen (secondary N) is 1. The normalized spacial score (nSPS) is 19.1. The molecule has 2 heterocycles. The summed E-state index contributed by atoms with van der Waals surface area (Å²) < 4.78 is 0. The molecule has 0 aliphatic carbocycles. The second kappa shape index (κ2) is 9.38. The van der Waals surface area contributed by atoms with E-state index < -0.39 is 5.41 Å². The first-order valence-corrected chi connectivity index (χ1v) is 12.6. The number of β-lactam (4-membered cyclic amide) rings is 1. The first-order valence-electron chi connectivity index (χ1n) is 12.2. The Hall–Kier alpha value is -3.31. The van der Waals surface area contributed by atoms with Gasteiger partial charge in [-0.1, -0.05) is 67.9 Å². The van der Waals surface area contributed by atoms with Crippen LogP contribution in [0.15, 0.2) is 78.9 Å². The Morgan fingerprint density at radius 1 is 0.943 bits per heavy atom. The maximum atomic E-state index is 13.6. The van der Waals surface area contributed by atoms with Gasteiger partial charge < -0.3 is 15.1 Å². The van der Waals surface area contributed by atoms with Crippen LogP contribution < -0.4 is 10.2 Å². The molecule has 2 fully saturated rings. The molecule has 2 saturated heterocycles. The molecule has 0 radical (unpaired) electrons. The highest BCUT2D eigenvalue weighted by Gasteiger charge is 2.62. The van der Waals surface area contributed by atoms with Gasteiger partial charge in [0.2, 0.25) is 5.91 Å². The number of likely N-dealkylation sites (tertiary alicyclic amines) is 1. The molecule has 1 N–H and O–H groups in total. The van der Waals surface area contributed by atoms with Gasteiger partial charge in [-0.15, -0.1) is 0 Å². The number of nitrogens with zero attached hydrogens (tertiary/aromatic N) is 2. The molecule has 1 spiro atoms. The number of urea groups is 1. The highest BCUT2D eigenvalue weighted by molar-refractivity contribution is 6.30. The number of hydrogen-bond acceptors (Lipinski definition) is 2. The Balaban J connectivity index is 1.32. The van der Waals surface area contributed by atoms with E-state index in [2.05, 4.69) is 19.2 Å². The van der Waals surface area contributed by atoms with Crippen molar-refractivity contribution in [1.29, 1.82) is 0 Å². The maximum Gasteiger partial charge on any atom is 0.321 e. The van der Waals surface area contributed by atoms with Crippen LogP contribution in [0.5, 0.6) is 0 Å². The van der Waals surface area contributed by atoms with Crippen LogP contribution in [0.25, 0.3) is 0 Å². The predicted molar refractivity (Wildman–Crippen MR) is 141 cm³/mol. The molecule has 0 bridgehead atoms. The number of halogens is 1. The van der Waals surface area contributed by atoms with Crippen molar-refractivity contribution in [1.82, 2.24) is 4.90 Å². The first kappa shape index (κ1) is 23.4. The first-order chi connectivity index (χ1) is 16.9. The third-order valence-corrected chi connectivity index (χ3v) is 7.67. The van der Waals surface area contributed by atoms with E-state index in [0.29, 0.717) is 36.9 Å². The number of carbonyl (C=O) groups is 2. The average Bonchev–Trinajstić information content (AvgIpc) is 2.88. The summed E-state index contributed by atoms with van der Waals surface area (Å²) in [6.07, 6.45) is 1.25. The second-order valence-corrected chi connectivity index (χ2v) is 10.3. The van der Waals surface area contributed by atoms with Crippen molar-refractivity contribution < 1.29 is 9.59 Å². The minimum absolute atomic E-state index is 0.0801. The molecule has 3 aromatic carbocycles. The van der Waals surface area contributed by atoms with Crippen LogP contribution in [-0.2, 0) is 4.79 Å². The van der Waals surface area contributed by atoms with Gasteiger partial charge in [0, 0.05) is 29.5 Å². The van der Waals surface area contributed by atoms with Crippen molar-refractivity contribution in [3.63, 3.8) is 0 Å². The van der Waals surface area contributed by atoms with Crippen molar-refractivity contribution in [2.75, 3.05) is 23.3 Å². The number of benzene rings is 3. The SMILES string of the molecule is CC(C)c1ccc(NC(=O)N2CCC3(CC2)C(=O)N(c2ccccc2)C3c2ccc(Cl)cc2)cc1. The second-order valence-electron chi connectivity index (χ2n) is 9.81. The quantitative estimate of drug-likeness (QED) is 0.408. The van der Waals surface area contributed by atoms with E-state index >= 15 is 0 Å². The van der Waals surface area contributed by atoms with E-state index in [1.54, 1.807) is 0 Å². The highest BCUT2D eigenvalue weighted by atomic mass is 35.5. The molecule has 3 amide bonds. The van der Waals surface area contributed by atoms with Gasteiger partial charge in [0.05, 0.1) is 11.5 Å². The van der Waals surface area contributed by atoms with Gasteiger partial charge in [-0.3, -0.25) is 4.79 Å². The molecule has 2 aliphatic rings. The molecule has 2 aliphatic heterocycles. The van der Waals surface area contributed by atoms with Crippen molar-refractivity contribution in [2.24, 2.45) is 5.41 Å². The number of carbonyl (C=O) groups excluding carboxylic acids is 2. The minimum Gasteiger partial charge on any atom is -0.324 e. The molecule has 0 aromatic heterocycles. The number of anilines is 2. The van der Waals surface area contributed by atoms with Crippen LogP contribution in [0.1, 0.15) is 49.8 Å². The van der Waals surface area contributed by atoms with Crippen molar-refractivity contribution in [3.8, 4) is 0 Å². The number of rotatable bonds is 4. The topological polar surface area (TPSA) is 52.7 Å². The Morgan fingerprint density at radius 3 is 2.17 bits per heavy atom. The Labute approximate surface area is 211 Å². The summed E-state index contributed by atoms with van der Waals surface area (Å²) in [4.78, 5) is 30.3. The van der Waals surface area contributed by atoms with Crippen LogP contribution in [0.3, 0.4) is 0 Å². The average molecular weight is 488 g/mol. The van der Waals surface area contributed by atoms with Crippen LogP contribution in [0.4, 0.5) is 16.2 Å². The molecule has 5 rings (SSSR count). The summed E-state index contributed by atoms with van der Waals surface area (Å²) in [6, 6.07) is 25.4. The molecule has 5 nitrogen and oxygen atoms in total. The van der Waals surface area contributed by atoms with Crippen molar-refractivity contribution in [3.05, 3.63) is 95.0 Å². The summed E-state index contributed by atoms with van der Waals surface area (Å²) in [5.41, 5.74) is 3.48. The molecule has 1 unspecified atom stereocenters. The van der Waals surface area contributed by atoms with Gasteiger partial charge in [0.25, 0.3) is 0 Å². The van der Waals surface area contributed by atoms with Crippen LogP contribution in [0, 0.1) is 5.41 Å². The number of amides is 3. The minimum atomic E-state index is -0.515. The lowest BCUT2D eigenvalue weighted by atomic mass is 9.62. The lowest BCUT2D eigenvalue weighted by Gasteiger charge is -2.59. The smallest absolute Gasteiger partial charge is 0.321 e. The number of para-hydroxylation sites is 1. The monoisotopic (exact) mass is 487 g/mol. The van der Waals surface area contributed by atoms with Crippen molar-refractivity contribution >= 4 is 34.9 Å². The standard InChI is InChI=1S/C29H30ClN3O2/c1-20(2)21-10-14-24(15-11-21)31-28(35)32-18-16-29(17-19-32)26(22-8-12-23(30)13-9-22)33(27(29)34)25-6-4-3-5-7-25/h3-15,20,26H,16-19H2,1-2H3,(H,31,35). The summed E-state index contributed by atoms with van der Waals surface area (Å²) >= 11 is 6.15. The van der Waals surface area contributed by atoms with E-state index in [9.17, 15) is 9.59 Å². The lowest BCUT2D eigenvalue weighted by molar-refractivity contribution is -0.144. The Bertz CT molecular complexity index is 1200. The fraction of sp³-hybridized carbons (Fsp3) is 0.310. The Kier molecular flexibility index (Phi) is 6.28. The van der Waals surface area contributed by atoms with E-state index in [1.807, 2.05) is 88.7 Å². The van der Waals surface area contributed by atoms with Gasteiger partial charge in [0.15, 0.2) is 0 Å². The van der Waals surface area contributed by atoms with Gasteiger partial charge in [-0.2, -0.15) is 0 Å². The third kappa shape index (κ3) is 4.30. The number of piperidine rings is 1. The number of hydrogen-bond donors (Lipinski definition) is 1. The van der Waals surface area contributed by atoms with Gasteiger partial charge in [0.1, 0.15) is 0 Å². The zero-order valence-electron chi connectivity index (χ0n) is 20.1. The molecule has 6 heteroatoms. The highest BCUT2D eigenvalue weighted by Crippen LogP contribution is 2.57. The fourth-order valence-electron chi connectivity index (χ4n) is 5.37. The Morgan fingerprint density at radius 2 is 1.57 bits per heavy atom. The van der Waals surface area contributed by atoms with Crippen LogP contribution in [-0.4, -0.2) is 29.9 Å². The van der Waals surface area contributed by atoms with Gasteiger partial charge in [-0.05, 0) is 66.3 Å².